The summed E-state index contributed by atoms with van der Waals surface area (Å²) in [6.45, 7) is 3.47. The summed E-state index contributed by atoms with van der Waals surface area (Å²) in [6, 6.07) is 29.4. The first-order valence-corrected chi connectivity index (χ1v) is 9.62. The van der Waals surface area contributed by atoms with Crippen LogP contribution in [0.4, 0.5) is 0 Å². The van der Waals surface area contributed by atoms with Crippen molar-refractivity contribution in [1.29, 1.82) is 0 Å². The zero-order chi connectivity index (χ0) is 19.2. The van der Waals surface area contributed by atoms with E-state index in [1.165, 1.54) is 21.9 Å². The van der Waals surface area contributed by atoms with E-state index < -0.39 is 0 Å². The van der Waals surface area contributed by atoms with Gasteiger partial charge in [-0.2, -0.15) is 0 Å². The number of benzene rings is 3. The van der Waals surface area contributed by atoms with Crippen LogP contribution in [0.1, 0.15) is 29.8 Å². The van der Waals surface area contributed by atoms with Gasteiger partial charge >= 0.3 is 0 Å². The number of aromatic nitrogens is 1. The van der Waals surface area contributed by atoms with Crippen LogP contribution < -0.4 is 10.1 Å². The number of nitrogens with one attached hydrogen (secondary N) is 1. The molecule has 140 valence electrons. The van der Waals surface area contributed by atoms with Gasteiger partial charge in [0.2, 0.25) is 0 Å². The average molecular weight is 368 g/mol. The molecule has 1 aromatic heterocycles. The SMILES string of the molecule is C[C@H](NCc1cccc(OCc2ccccn2)c1)c1cccc2ccccc12. The smallest absolute Gasteiger partial charge is 0.130 e. The fourth-order valence-corrected chi connectivity index (χ4v) is 3.39. The minimum absolute atomic E-state index is 0.254. The van der Waals surface area contributed by atoms with E-state index in [9.17, 15) is 0 Å². The van der Waals surface area contributed by atoms with Gasteiger partial charge in [0.15, 0.2) is 0 Å². The first kappa shape index (κ1) is 18.2. The van der Waals surface area contributed by atoms with Crippen LogP contribution in [0.25, 0.3) is 10.8 Å². The Labute approximate surface area is 166 Å². The molecule has 0 saturated carbocycles. The topological polar surface area (TPSA) is 34.1 Å². The number of ether oxygens (including phenoxy) is 1. The number of fused-ring (bicyclic) bond motifs is 1. The van der Waals surface area contributed by atoms with Gasteiger partial charge in [0.1, 0.15) is 12.4 Å². The van der Waals surface area contributed by atoms with Crippen LogP contribution >= 0.6 is 0 Å². The van der Waals surface area contributed by atoms with E-state index in [1.807, 2.05) is 30.3 Å². The Hall–Kier alpha value is -3.17. The van der Waals surface area contributed by atoms with E-state index >= 15 is 0 Å². The highest BCUT2D eigenvalue weighted by Gasteiger charge is 2.09. The first-order valence-electron chi connectivity index (χ1n) is 9.62. The van der Waals surface area contributed by atoms with Gasteiger partial charge in [0, 0.05) is 18.8 Å². The predicted molar refractivity (Wildman–Crippen MR) is 114 cm³/mol. The van der Waals surface area contributed by atoms with Crippen molar-refractivity contribution in [2.75, 3.05) is 0 Å². The molecule has 0 fully saturated rings. The lowest BCUT2D eigenvalue weighted by atomic mass is 9.99. The molecule has 4 rings (SSSR count). The molecule has 0 spiro atoms. The fraction of sp³-hybridized carbons (Fsp3) is 0.160. The van der Waals surface area contributed by atoms with Crippen LogP contribution in [0.3, 0.4) is 0 Å². The highest BCUT2D eigenvalue weighted by Crippen LogP contribution is 2.24. The van der Waals surface area contributed by atoms with E-state index in [2.05, 4.69) is 71.8 Å². The van der Waals surface area contributed by atoms with Gasteiger partial charge in [-0.25, -0.2) is 0 Å². The molecule has 0 radical (unpaired) electrons. The molecular weight excluding hydrogens is 344 g/mol. The standard InChI is InChI=1S/C25H24N2O/c1-19(24-14-7-10-21-9-2-3-13-25(21)24)27-17-20-8-6-12-23(16-20)28-18-22-11-4-5-15-26-22/h2-16,19,27H,17-18H2,1H3/t19-/m0/s1. The summed E-state index contributed by atoms with van der Waals surface area (Å²) in [6.07, 6.45) is 1.79. The molecule has 1 N–H and O–H groups in total. The molecule has 0 saturated heterocycles. The summed E-state index contributed by atoms with van der Waals surface area (Å²) < 4.78 is 5.89. The Kier molecular flexibility index (Phi) is 5.64. The van der Waals surface area contributed by atoms with Gasteiger partial charge in [-0.1, -0.05) is 60.7 Å². The summed E-state index contributed by atoms with van der Waals surface area (Å²) in [5.41, 5.74) is 3.45. The van der Waals surface area contributed by atoms with Crippen LogP contribution in [0.5, 0.6) is 5.75 Å². The van der Waals surface area contributed by atoms with Crippen molar-refractivity contribution in [2.24, 2.45) is 0 Å². The van der Waals surface area contributed by atoms with Crippen molar-refractivity contribution in [1.82, 2.24) is 10.3 Å². The quantitative estimate of drug-likeness (QED) is 0.457. The number of hydrogen-bond donors (Lipinski definition) is 1. The second kappa shape index (κ2) is 8.68. The highest BCUT2D eigenvalue weighted by atomic mass is 16.5. The largest absolute Gasteiger partial charge is 0.487 e. The lowest BCUT2D eigenvalue weighted by molar-refractivity contribution is 0.301. The minimum Gasteiger partial charge on any atom is -0.487 e. The maximum Gasteiger partial charge on any atom is 0.130 e. The van der Waals surface area contributed by atoms with Crippen molar-refractivity contribution >= 4 is 10.8 Å². The van der Waals surface area contributed by atoms with Gasteiger partial charge in [0.05, 0.1) is 5.69 Å². The normalized spacial score (nSPS) is 12.0. The summed E-state index contributed by atoms with van der Waals surface area (Å²) in [5, 5.41) is 6.22. The van der Waals surface area contributed by atoms with Crippen LogP contribution in [0.15, 0.2) is 91.1 Å². The molecule has 4 aromatic rings. The number of nitrogens with zero attached hydrogens (tertiary/aromatic N) is 1. The van der Waals surface area contributed by atoms with Gasteiger partial charge in [-0.3, -0.25) is 4.98 Å². The van der Waals surface area contributed by atoms with E-state index in [1.54, 1.807) is 6.20 Å². The summed E-state index contributed by atoms with van der Waals surface area (Å²) in [4.78, 5) is 4.30. The number of hydrogen-bond acceptors (Lipinski definition) is 3. The van der Waals surface area contributed by atoms with Crippen LogP contribution in [0, 0.1) is 0 Å². The van der Waals surface area contributed by atoms with Crippen LogP contribution in [0.2, 0.25) is 0 Å². The fourth-order valence-electron chi connectivity index (χ4n) is 3.39. The maximum atomic E-state index is 5.89. The molecule has 0 aliphatic carbocycles. The molecule has 1 atom stereocenters. The second-order valence-corrected chi connectivity index (χ2v) is 6.93. The molecule has 0 amide bonds. The molecule has 3 nitrogen and oxygen atoms in total. The molecular formula is C25H24N2O. The van der Waals surface area contributed by atoms with Crippen LogP contribution in [-0.2, 0) is 13.2 Å². The molecule has 0 aliphatic rings. The predicted octanol–water partition coefficient (Wildman–Crippen LogP) is 5.66. The Balaban J connectivity index is 1.40. The summed E-state index contributed by atoms with van der Waals surface area (Å²) in [7, 11) is 0. The monoisotopic (exact) mass is 368 g/mol. The zero-order valence-electron chi connectivity index (χ0n) is 16.0. The Morgan fingerprint density at radius 3 is 2.61 bits per heavy atom. The average Bonchev–Trinajstić information content (AvgIpc) is 2.77. The molecule has 0 unspecified atom stereocenters. The molecule has 28 heavy (non-hydrogen) atoms. The number of pyridine rings is 1. The molecule has 3 aromatic carbocycles. The van der Waals surface area contributed by atoms with Crippen molar-refractivity contribution in [3.05, 3.63) is 108 Å². The van der Waals surface area contributed by atoms with E-state index in [-0.39, 0.29) is 6.04 Å². The molecule has 0 aliphatic heterocycles. The lowest BCUT2D eigenvalue weighted by Gasteiger charge is -2.17. The Morgan fingerprint density at radius 2 is 1.71 bits per heavy atom. The van der Waals surface area contributed by atoms with E-state index in [4.69, 9.17) is 4.74 Å². The second-order valence-electron chi connectivity index (χ2n) is 6.93. The number of rotatable bonds is 7. The van der Waals surface area contributed by atoms with Crippen molar-refractivity contribution < 1.29 is 4.74 Å². The summed E-state index contributed by atoms with van der Waals surface area (Å²) in [5.74, 6) is 0.864. The van der Waals surface area contributed by atoms with Gasteiger partial charge in [-0.15, -0.1) is 0 Å². The van der Waals surface area contributed by atoms with Gasteiger partial charge < -0.3 is 10.1 Å². The van der Waals surface area contributed by atoms with Gasteiger partial charge in [0.25, 0.3) is 0 Å². The molecule has 3 heteroatoms. The minimum atomic E-state index is 0.254. The highest BCUT2D eigenvalue weighted by molar-refractivity contribution is 5.86. The van der Waals surface area contributed by atoms with E-state index in [0.717, 1.165) is 18.0 Å². The maximum absolute atomic E-state index is 5.89. The van der Waals surface area contributed by atoms with Crippen molar-refractivity contribution in [2.45, 2.75) is 26.1 Å². The Morgan fingerprint density at radius 1 is 0.893 bits per heavy atom. The Bertz CT molecular complexity index is 1040. The zero-order valence-corrected chi connectivity index (χ0v) is 16.0. The third kappa shape index (κ3) is 4.38. The van der Waals surface area contributed by atoms with Crippen molar-refractivity contribution in [3.63, 3.8) is 0 Å². The van der Waals surface area contributed by atoms with Crippen LogP contribution in [-0.4, -0.2) is 4.98 Å². The summed E-state index contributed by atoms with van der Waals surface area (Å²) >= 11 is 0. The molecule has 0 bridgehead atoms. The lowest BCUT2D eigenvalue weighted by Crippen LogP contribution is -2.18. The van der Waals surface area contributed by atoms with Gasteiger partial charge in [-0.05, 0) is 53.1 Å². The third-order valence-electron chi connectivity index (χ3n) is 4.91. The van der Waals surface area contributed by atoms with Crippen molar-refractivity contribution in [3.8, 4) is 5.75 Å². The first-order chi connectivity index (χ1) is 13.8. The van der Waals surface area contributed by atoms with E-state index in [0.29, 0.717) is 6.61 Å². The molecule has 1 heterocycles. The third-order valence-corrected chi connectivity index (χ3v) is 4.91.